The molecule has 0 N–H and O–H groups in total. The summed E-state index contributed by atoms with van der Waals surface area (Å²) < 4.78 is 27.5. The number of rotatable bonds is 5. The number of piperazine rings is 1. The highest BCUT2D eigenvalue weighted by Gasteiger charge is 2.31. The van der Waals surface area contributed by atoms with Crippen molar-refractivity contribution in [1.29, 1.82) is 0 Å². The van der Waals surface area contributed by atoms with Crippen LogP contribution >= 0.6 is 34.5 Å². The van der Waals surface area contributed by atoms with Gasteiger partial charge in [0.15, 0.2) is 5.13 Å². The molecule has 0 radical (unpaired) electrons. The first-order valence-corrected chi connectivity index (χ1v) is 13.0. The van der Waals surface area contributed by atoms with Gasteiger partial charge in [0.05, 0.1) is 10.7 Å². The Balaban J connectivity index is 1.43. The Morgan fingerprint density at radius 2 is 1.68 bits per heavy atom. The molecular weight excluding hydrogens is 473 g/mol. The Labute approximate surface area is 197 Å². The Hall–Kier alpha value is -1.64. The topological polar surface area (TPSA) is 53.5 Å². The van der Waals surface area contributed by atoms with Gasteiger partial charge in [0.25, 0.3) is 0 Å². The fourth-order valence-electron chi connectivity index (χ4n) is 3.84. The number of anilines is 1. The Morgan fingerprint density at radius 1 is 1.00 bits per heavy atom. The van der Waals surface area contributed by atoms with Crippen molar-refractivity contribution in [2.75, 3.05) is 31.1 Å². The molecule has 2 aromatic carbocycles. The summed E-state index contributed by atoms with van der Waals surface area (Å²) in [6.45, 7) is 6.11. The molecule has 1 saturated heterocycles. The quantitative estimate of drug-likeness (QED) is 0.489. The van der Waals surface area contributed by atoms with Crippen LogP contribution in [0.4, 0.5) is 5.13 Å². The normalized spacial score (nSPS) is 15.4. The second-order valence-electron chi connectivity index (χ2n) is 7.76. The predicted octanol–water partition coefficient (Wildman–Crippen LogP) is 5.17. The number of hydrogen-bond acceptors (Lipinski definition) is 5. The molecule has 164 valence electrons. The van der Waals surface area contributed by atoms with Crippen molar-refractivity contribution in [2.45, 2.75) is 25.2 Å². The lowest BCUT2D eigenvalue weighted by Gasteiger charge is -2.34. The van der Waals surface area contributed by atoms with Crippen molar-refractivity contribution < 1.29 is 8.42 Å². The summed E-state index contributed by atoms with van der Waals surface area (Å²) in [7, 11) is -3.69. The van der Waals surface area contributed by atoms with Gasteiger partial charge < -0.3 is 4.90 Å². The number of hydrogen-bond donors (Lipinski definition) is 0. The van der Waals surface area contributed by atoms with Crippen LogP contribution in [-0.2, 0) is 16.4 Å². The molecule has 31 heavy (non-hydrogen) atoms. The van der Waals surface area contributed by atoms with Gasteiger partial charge in [-0.2, -0.15) is 4.31 Å². The highest BCUT2D eigenvalue weighted by Crippen LogP contribution is 2.30. The van der Waals surface area contributed by atoms with Crippen molar-refractivity contribution in [1.82, 2.24) is 9.29 Å². The van der Waals surface area contributed by atoms with E-state index in [1.54, 1.807) is 17.4 Å². The Morgan fingerprint density at radius 3 is 2.35 bits per heavy atom. The van der Waals surface area contributed by atoms with E-state index in [0.717, 1.165) is 17.2 Å². The van der Waals surface area contributed by atoms with Crippen molar-refractivity contribution in [3.8, 4) is 0 Å². The summed E-state index contributed by atoms with van der Waals surface area (Å²) in [6.07, 6.45) is 0.792. The summed E-state index contributed by atoms with van der Waals surface area (Å²) >= 11 is 13.7. The van der Waals surface area contributed by atoms with Gasteiger partial charge in [-0.1, -0.05) is 52.5 Å². The van der Waals surface area contributed by atoms with Crippen LogP contribution in [0.2, 0.25) is 10.0 Å². The third kappa shape index (κ3) is 5.07. The molecule has 0 aliphatic carbocycles. The molecule has 1 aromatic heterocycles. The van der Waals surface area contributed by atoms with Gasteiger partial charge in [0, 0.05) is 43.0 Å². The molecule has 3 aromatic rings. The number of sulfonamides is 1. The van der Waals surface area contributed by atoms with Crippen molar-refractivity contribution in [3.05, 3.63) is 74.2 Å². The van der Waals surface area contributed by atoms with Crippen LogP contribution in [0.3, 0.4) is 0 Å². The Kier molecular flexibility index (Phi) is 6.60. The van der Waals surface area contributed by atoms with Crippen LogP contribution in [-0.4, -0.2) is 43.9 Å². The first kappa shape index (κ1) is 22.6. The van der Waals surface area contributed by atoms with Gasteiger partial charge >= 0.3 is 0 Å². The highest BCUT2D eigenvalue weighted by molar-refractivity contribution is 7.89. The second kappa shape index (κ2) is 9.08. The van der Waals surface area contributed by atoms with Crippen LogP contribution in [0, 0.1) is 13.8 Å². The van der Waals surface area contributed by atoms with E-state index >= 15 is 0 Å². The monoisotopic (exact) mass is 495 g/mol. The minimum atomic E-state index is -3.69. The van der Waals surface area contributed by atoms with E-state index in [2.05, 4.69) is 42.3 Å². The molecule has 0 atom stereocenters. The molecular formula is C22H23Cl2N3O2S2. The Bertz CT molecular complexity index is 1180. The molecule has 5 nitrogen and oxygen atoms in total. The molecule has 4 rings (SSSR count). The fourth-order valence-corrected chi connectivity index (χ4v) is 6.88. The van der Waals surface area contributed by atoms with Crippen LogP contribution in [0.25, 0.3) is 0 Å². The average Bonchev–Trinajstić information content (AvgIpc) is 3.17. The van der Waals surface area contributed by atoms with Crippen LogP contribution in [0.5, 0.6) is 0 Å². The maximum atomic E-state index is 13.0. The maximum absolute atomic E-state index is 13.0. The smallest absolute Gasteiger partial charge is 0.244 e. The molecule has 0 amide bonds. The van der Waals surface area contributed by atoms with Crippen LogP contribution < -0.4 is 4.90 Å². The SMILES string of the molecule is Cc1cc(C)cc(Cc2csc(N3CCN(S(=O)(=O)c4cc(Cl)ccc4Cl)CC3)n2)c1. The fraction of sp³-hybridized carbons (Fsp3) is 0.318. The number of thiazole rings is 1. The number of aromatic nitrogens is 1. The number of nitrogens with zero attached hydrogens (tertiary/aromatic N) is 3. The number of halogens is 2. The van der Waals surface area contributed by atoms with Gasteiger partial charge in [-0.3, -0.25) is 0 Å². The van der Waals surface area contributed by atoms with E-state index in [9.17, 15) is 8.42 Å². The largest absolute Gasteiger partial charge is 0.345 e. The van der Waals surface area contributed by atoms with Gasteiger partial charge in [-0.05, 0) is 37.6 Å². The highest BCUT2D eigenvalue weighted by atomic mass is 35.5. The van der Waals surface area contributed by atoms with Gasteiger partial charge in [0.1, 0.15) is 4.90 Å². The average molecular weight is 496 g/mol. The van der Waals surface area contributed by atoms with Crippen molar-refractivity contribution in [3.63, 3.8) is 0 Å². The van der Waals surface area contributed by atoms with Crippen molar-refractivity contribution >= 4 is 49.7 Å². The second-order valence-corrected chi connectivity index (χ2v) is 11.3. The molecule has 1 fully saturated rings. The number of aryl methyl sites for hydroxylation is 2. The zero-order valence-corrected chi connectivity index (χ0v) is 20.5. The number of benzene rings is 2. The standard InChI is InChI=1S/C22H23Cl2N3O2S2/c1-15-9-16(2)11-17(10-15)12-19-14-30-22(25-19)26-5-7-27(8-6-26)31(28,29)21-13-18(23)3-4-20(21)24/h3-4,9-11,13-14H,5-8,12H2,1-2H3. The molecule has 0 unspecified atom stereocenters. The summed E-state index contributed by atoms with van der Waals surface area (Å²) in [5, 5.41) is 3.54. The lowest BCUT2D eigenvalue weighted by atomic mass is 10.0. The molecule has 2 heterocycles. The minimum Gasteiger partial charge on any atom is -0.345 e. The molecule has 0 saturated carbocycles. The first-order valence-electron chi connectivity index (χ1n) is 9.94. The van der Waals surface area contributed by atoms with Gasteiger partial charge in [-0.15, -0.1) is 11.3 Å². The van der Waals surface area contributed by atoms with E-state index in [-0.39, 0.29) is 9.92 Å². The molecule has 0 spiro atoms. The zero-order chi connectivity index (χ0) is 22.2. The van der Waals surface area contributed by atoms with Crippen LogP contribution in [0.1, 0.15) is 22.4 Å². The van der Waals surface area contributed by atoms with Crippen molar-refractivity contribution in [2.24, 2.45) is 0 Å². The third-order valence-corrected chi connectivity index (χ3v) is 8.79. The summed E-state index contributed by atoms with van der Waals surface area (Å²) in [5.74, 6) is 0. The van der Waals surface area contributed by atoms with Crippen LogP contribution in [0.15, 0.2) is 46.7 Å². The maximum Gasteiger partial charge on any atom is 0.244 e. The summed E-state index contributed by atoms with van der Waals surface area (Å²) in [4.78, 5) is 6.99. The van der Waals surface area contributed by atoms with E-state index in [4.69, 9.17) is 28.2 Å². The molecule has 0 bridgehead atoms. The molecule has 1 aliphatic rings. The van der Waals surface area contributed by atoms with E-state index in [1.807, 2.05) is 0 Å². The van der Waals surface area contributed by atoms with E-state index < -0.39 is 10.0 Å². The lowest BCUT2D eigenvalue weighted by Crippen LogP contribution is -2.48. The minimum absolute atomic E-state index is 0.0556. The van der Waals surface area contributed by atoms with E-state index in [1.165, 1.54) is 33.1 Å². The molecule has 9 heteroatoms. The molecule has 1 aliphatic heterocycles. The lowest BCUT2D eigenvalue weighted by molar-refractivity contribution is 0.384. The zero-order valence-electron chi connectivity index (χ0n) is 17.3. The van der Waals surface area contributed by atoms with Gasteiger partial charge in [-0.25, -0.2) is 13.4 Å². The predicted molar refractivity (Wildman–Crippen MR) is 128 cm³/mol. The first-order chi connectivity index (χ1) is 14.7. The summed E-state index contributed by atoms with van der Waals surface area (Å²) in [6, 6.07) is 11.1. The third-order valence-electron chi connectivity index (χ3n) is 5.23. The van der Waals surface area contributed by atoms with Gasteiger partial charge in [0.2, 0.25) is 10.0 Å². The van der Waals surface area contributed by atoms with E-state index in [0.29, 0.717) is 31.2 Å². The summed E-state index contributed by atoms with van der Waals surface area (Å²) in [5.41, 5.74) is 4.79.